The molecule has 5 nitrogen and oxygen atoms in total. The molecule has 1 aromatic rings. The highest BCUT2D eigenvalue weighted by atomic mass is 32.2. The molecule has 114 valence electrons. The number of carboxylic acid groups (broad SMARTS) is 1. The van der Waals surface area contributed by atoms with Crippen LogP contribution in [0.3, 0.4) is 0 Å². The van der Waals surface area contributed by atoms with Crippen molar-refractivity contribution in [2.75, 3.05) is 18.1 Å². The van der Waals surface area contributed by atoms with E-state index in [4.69, 9.17) is 4.74 Å². The quantitative estimate of drug-likeness (QED) is 0.835. The molecular weight excluding hydrogens is 297 g/mol. The topological polar surface area (TPSA) is 75.6 Å². The second-order valence-electron chi connectivity index (χ2n) is 4.77. The Morgan fingerprint density at radius 1 is 1.43 bits per heavy atom. The standard InChI is InChI=1S/C14H16FNO4S/c15-10-3-1-2-4-11(10)20-7-5-12(17)16-14(13(18)19)6-8-21-9-14/h1-4H,5-9H2,(H,16,17)(H,18,19). The molecule has 0 aromatic heterocycles. The fraction of sp³-hybridized carbons (Fsp3) is 0.429. The summed E-state index contributed by atoms with van der Waals surface area (Å²) < 4.78 is 18.5. The molecule has 1 fully saturated rings. The van der Waals surface area contributed by atoms with E-state index in [-0.39, 0.29) is 18.8 Å². The fourth-order valence-corrected chi connectivity index (χ4v) is 3.36. The minimum atomic E-state index is -1.18. The maximum atomic E-state index is 13.3. The minimum Gasteiger partial charge on any atom is -0.490 e. The fourth-order valence-electron chi connectivity index (χ4n) is 2.03. The van der Waals surface area contributed by atoms with Crippen molar-refractivity contribution in [3.8, 4) is 5.75 Å². The Morgan fingerprint density at radius 2 is 2.19 bits per heavy atom. The van der Waals surface area contributed by atoms with Gasteiger partial charge >= 0.3 is 5.97 Å². The first-order valence-corrected chi connectivity index (χ1v) is 7.68. The molecule has 0 spiro atoms. The van der Waals surface area contributed by atoms with Gasteiger partial charge in [-0.15, -0.1) is 0 Å². The first kappa shape index (κ1) is 15.6. The van der Waals surface area contributed by atoms with Gasteiger partial charge in [-0.05, 0) is 24.3 Å². The van der Waals surface area contributed by atoms with Crippen LogP contribution in [0.15, 0.2) is 24.3 Å². The molecule has 1 unspecified atom stereocenters. The van der Waals surface area contributed by atoms with Crippen LogP contribution in [0.25, 0.3) is 0 Å². The van der Waals surface area contributed by atoms with Crippen molar-refractivity contribution in [3.05, 3.63) is 30.1 Å². The molecule has 1 atom stereocenters. The number of carboxylic acids is 1. The molecule has 1 amide bonds. The van der Waals surface area contributed by atoms with Gasteiger partial charge in [0.2, 0.25) is 5.91 Å². The third-order valence-corrected chi connectivity index (χ3v) is 4.42. The summed E-state index contributed by atoms with van der Waals surface area (Å²) in [5.41, 5.74) is -1.18. The van der Waals surface area contributed by atoms with Crippen molar-refractivity contribution in [2.24, 2.45) is 0 Å². The van der Waals surface area contributed by atoms with E-state index in [1.54, 1.807) is 12.1 Å². The average molecular weight is 313 g/mol. The highest BCUT2D eigenvalue weighted by Gasteiger charge is 2.43. The molecule has 1 heterocycles. The summed E-state index contributed by atoms with van der Waals surface area (Å²) in [5, 5.41) is 11.8. The lowest BCUT2D eigenvalue weighted by Gasteiger charge is -2.24. The van der Waals surface area contributed by atoms with E-state index in [0.29, 0.717) is 17.9 Å². The van der Waals surface area contributed by atoms with Crippen LogP contribution in [0.2, 0.25) is 0 Å². The van der Waals surface area contributed by atoms with Gasteiger partial charge < -0.3 is 15.2 Å². The predicted molar refractivity (Wildman–Crippen MR) is 77.0 cm³/mol. The van der Waals surface area contributed by atoms with Gasteiger partial charge in [-0.1, -0.05) is 12.1 Å². The first-order valence-electron chi connectivity index (χ1n) is 6.53. The van der Waals surface area contributed by atoms with Gasteiger partial charge in [-0.3, -0.25) is 4.79 Å². The van der Waals surface area contributed by atoms with E-state index >= 15 is 0 Å². The molecule has 2 rings (SSSR count). The van der Waals surface area contributed by atoms with Gasteiger partial charge in [0.15, 0.2) is 11.6 Å². The Labute approximate surface area is 125 Å². The highest BCUT2D eigenvalue weighted by Crippen LogP contribution is 2.28. The van der Waals surface area contributed by atoms with E-state index in [1.165, 1.54) is 23.9 Å². The van der Waals surface area contributed by atoms with Crippen LogP contribution in [0.5, 0.6) is 5.75 Å². The number of amides is 1. The number of aliphatic carboxylic acids is 1. The van der Waals surface area contributed by atoms with Crippen LogP contribution in [0.1, 0.15) is 12.8 Å². The minimum absolute atomic E-state index is 0.00436. The number of thioether (sulfide) groups is 1. The lowest BCUT2D eigenvalue weighted by molar-refractivity contribution is -0.146. The molecule has 21 heavy (non-hydrogen) atoms. The third-order valence-electron chi connectivity index (χ3n) is 3.23. The van der Waals surface area contributed by atoms with Gasteiger partial charge in [-0.25, -0.2) is 9.18 Å². The zero-order valence-corrected chi connectivity index (χ0v) is 12.1. The number of hydrogen-bond donors (Lipinski definition) is 2. The van der Waals surface area contributed by atoms with Crippen molar-refractivity contribution in [1.82, 2.24) is 5.32 Å². The van der Waals surface area contributed by atoms with Crippen molar-refractivity contribution < 1.29 is 23.8 Å². The summed E-state index contributed by atoms with van der Waals surface area (Å²) in [6.07, 6.45) is 0.390. The number of nitrogens with one attached hydrogen (secondary N) is 1. The monoisotopic (exact) mass is 313 g/mol. The van der Waals surface area contributed by atoms with Gasteiger partial charge in [0.25, 0.3) is 0 Å². The number of carbonyl (C=O) groups excluding carboxylic acids is 1. The zero-order valence-electron chi connectivity index (χ0n) is 11.3. The van der Waals surface area contributed by atoms with Crippen LogP contribution in [-0.4, -0.2) is 40.6 Å². The molecule has 7 heteroatoms. The Balaban J connectivity index is 1.82. The lowest BCUT2D eigenvalue weighted by atomic mass is 9.99. The maximum absolute atomic E-state index is 13.3. The maximum Gasteiger partial charge on any atom is 0.330 e. The number of para-hydroxylation sites is 1. The number of rotatable bonds is 6. The lowest BCUT2D eigenvalue weighted by Crippen LogP contribution is -2.54. The second-order valence-corrected chi connectivity index (χ2v) is 5.87. The number of hydrogen-bond acceptors (Lipinski definition) is 4. The van der Waals surface area contributed by atoms with E-state index < -0.39 is 23.2 Å². The van der Waals surface area contributed by atoms with Gasteiger partial charge in [-0.2, -0.15) is 11.8 Å². The zero-order chi connectivity index (χ0) is 15.3. The highest BCUT2D eigenvalue weighted by molar-refractivity contribution is 7.99. The van der Waals surface area contributed by atoms with Gasteiger partial charge in [0, 0.05) is 5.75 Å². The van der Waals surface area contributed by atoms with Crippen molar-refractivity contribution >= 4 is 23.6 Å². The summed E-state index contributed by atoms with van der Waals surface area (Å²) in [4.78, 5) is 23.1. The van der Waals surface area contributed by atoms with Crippen molar-refractivity contribution in [2.45, 2.75) is 18.4 Å². The first-order chi connectivity index (χ1) is 10.0. The summed E-state index contributed by atoms with van der Waals surface area (Å²) >= 11 is 1.50. The van der Waals surface area contributed by atoms with E-state index in [1.807, 2.05) is 0 Å². The molecule has 1 aromatic carbocycles. The van der Waals surface area contributed by atoms with Crippen LogP contribution in [-0.2, 0) is 9.59 Å². The van der Waals surface area contributed by atoms with Crippen LogP contribution in [0.4, 0.5) is 4.39 Å². The second kappa shape index (κ2) is 6.80. The Morgan fingerprint density at radius 3 is 2.81 bits per heavy atom. The van der Waals surface area contributed by atoms with Crippen LogP contribution >= 0.6 is 11.8 Å². The molecule has 0 bridgehead atoms. The molecule has 1 saturated heterocycles. The Kier molecular flexibility index (Phi) is 5.06. The van der Waals surface area contributed by atoms with Crippen LogP contribution in [0, 0.1) is 5.82 Å². The smallest absolute Gasteiger partial charge is 0.330 e. The predicted octanol–water partition coefficient (Wildman–Crippen LogP) is 1.67. The number of carbonyl (C=O) groups is 2. The number of halogens is 1. The molecule has 2 N–H and O–H groups in total. The third kappa shape index (κ3) is 3.87. The van der Waals surface area contributed by atoms with Gasteiger partial charge in [0.1, 0.15) is 5.54 Å². The Bertz CT molecular complexity index is 531. The van der Waals surface area contributed by atoms with Crippen molar-refractivity contribution in [1.29, 1.82) is 0 Å². The summed E-state index contributed by atoms with van der Waals surface area (Å²) in [7, 11) is 0. The molecule has 1 aliphatic heterocycles. The van der Waals surface area contributed by atoms with Gasteiger partial charge in [0.05, 0.1) is 13.0 Å². The Hall–Kier alpha value is -1.76. The molecule has 1 aliphatic rings. The normalized spacial score (nSPS) is 21.0. The van der Waals surface area contributed by atoms with Crippen molar-refractivity contribution in [3.63, 3.8) is 0 Å². The number of ether oxygens (including phenoxy) is 1. The van der Waals surface area contributed by atoms with E-state index in [9.17, 15) is 19.1 Å². The summed E-state index contributed by atoms with van der Waals surface area (Å²) in [6.45, 7) is -0.00436. The van der Waals surface area contributed by atoms with E-state index in [2.05, 4.69) is 5.32 Å². The molecule has 0 saturated carbocycles. The summed E-state index contributed by atoms with van der Waals surface area (Å²) in [5.74, 6) is -0.769. The van der Waals surface area contributed by atoms with E-state index in [0.717, 1.165) is 0 Å². The van der Waals surface area contributed by atoms with Crippen LogP contribution < -0.4 is 10.1 Å². The summed E-state index contributed by atoms with van der Waals surface area (Å²) in [6, 6.07) is 5.92. The molecule has 0 radical (unpaired) electrons. The SMILES string of the molecule is O=C(CCOc1ccccc1F)NC1(C(=O)O)CCSC1. The number of benzene rings is 1. The molecular formula is C14H16FNO4S. The average Bonchev–Trinajstić information content (AvgIpc) is 2.91. The molecule has 0 aliphatic carbocycles. The largest absolute Gasteiger partial charge is 0.490 e.